The second-order valence-corrected chi connectivity index (χ2v) is 9.30. The molecule has 3 rings (SSSR count). The number of ether oxygens (including phenoxy) is 1. The molecule has 0 unspecified atom stereocenters. The van der Waals surface area contributed by atoms with Crippen LogP contribution in [0.1, 0.15) is 94.9 Å². The number of hydrogen-bond donors (Lipinski definition) is 0. The highest BCUT2D eigenvalue weighted by molar-refractivity contribution is 5.87. The van der Waals surface area contributed by atoms with Crippen LogP contribution in [0.25, 0.3) is 0 Å². The number of likely N-dealkylation sites (tertiary alicyclic amines) is 1. The van der Waals surface area contributed by atoms with Gasteiger partial charge in [0.25, 0.3) is 0 Å². The molecular weight excluding hydrogens is 354 g/mol. The highest BCUT2D eigenvalue weighted by atomic mass is 16.5. The Kier molecular flexibility index (Phi) is 6.46. The summed E-state index contributed by atoms with van der Waals surface area (Å²) in [7, 11) is 0. The summed E-state index contributed by atoms with van der Waals surface area (Å²) < 4.78 is 7.16. The van der Waals surface area contributed by atoms with Crippen molar-refractivity contribution in [1.29, 1.82) is 0 Å². The van der Waals surface area contributed by atoms with Crippen LogP contribution < -0.4 is 0 Å². The van der Waals surface area contributed by atoms with Crippen molar-refractivity contribution in [2.45, 2.75) is 84.1 Å². The van der Waals surface area contributed by atoms with Crippen molar-refractivity contribution in [2.24, 2.45) is 5.92 Å². The Balaban J connectivity index is 1.67. The van der Waals surface area contributed by atoms with Crippen molar-refractivity contribution in [2.75, 3.05) is 19.7 Å². The van der Waals surface area contributed by atoms with Gasteiger partial charge in [0.05, 0.1) is 12.6 Å². The fourth-order valence-corrected chi connectivity index (χ4v) is 4.49. The van der Waals surface area contributed by atoms with Crippen molar-refractivity contribution in [3.63, 3.8) is 0 Å². The van der Waals surface area contributed by atoms with Gasteiger partial charge in [-0.2, -0.15) is 5.10 Å². The van der Waals surface area contributed by atoms with Gasteiger partial charge in [0.1, 0.15) is 0 Å². The molecule has 0 radical (unpaired) electrons. The number of rotatable bonds is 5. The molecule has 1 aliphatic heterocycles. The van der Waals surface area contributed by atoms with Crippen molar-refractivity contribution in [3.05, 3.63) is 17.5 Å². The van der Waals surface area contributed by atoms with Crippen molar-refractivity contribution in [3.8, 4) is 0 Å². The average Bonchev–Trinajstić information content (AvgIpc) is 3.31. The summed E-state index contributed by atoms with van der Waals surface area (Å²) in [6.45, 7) is 10.1. The van der Waals surface area contributed by atoms with E-state index in [9.17, 15) is 9.59 Å². The quantitative estimate of drug-likeness (QED) is 0.711. The molecule has 1 aliphatic carbocycles. The molecule has 1 saturated carbocycles. The molecule has 28 heavy (non-hydrogen) atoms. The summed E-state index contributed by atoms with van der Waals surface area (Å²) in [6.07, 6.45) is 7.44. The molecule has 1 aromatic rings. The highest BCUT2D eigenvalue weighted by Crippen LogP contribution is 2.32. The van der Waals surface area contributed by atoms with Gasteiger partial charge in [-0.1, -0.05) is 33.6 Å². The molecular formula is C22H35N3O3. The number of carbonyl (C=O) groups excluding carboxylic acids is 2. The molecule has 6 heteroatoms. The van der Waals surface area contributed by atoms with Gasteiger partial charge in [-0.25, -0.2) is 4.79 Å². The van der Waals surface area contributed by atoms with Gasteiger partial charge in [0, 0.05) is 30.6 Å². The van der Waals surface area contributed by atoms with Gasteiger partial charge in [0.15, 0.2) is 5.69 Å². The van der Waals surface area contributed by atoms with E-state index < -0.39 is 0 Å². The number of piperidine rings is 1. The third-order valence-electron chi connectivity index (χ3n) is 6.09. The van der Waals surface area contributed by atoms with Gasteiger partial charge >= 0.3 is 5.97 Å². The Hall–Kier alpha value is -1.85. The van der Waals surface area contributed by atoms with Crippen LogP contribution in [-0.4, -0.2) is 46.3 Å². The summed E-state index contributed by atoms with van der Waals surface area (Å²) in [6, 6.07) is 2.09. The highest BCUT2D eigenvalue weighted by Gasteiger charge is 2.31. The van der Waals surface area contributed by atoms with E-state index in [-0.39, 0.29) is 17.4 Å². The van der Waals surface area contributed by atoms with Gasteiger partial charge in [-0.3, -0.25) is 9.48 Å². The van der Waals surface area contributed by atoms with Crippen LogP contribution in [0.2, 0.25) is 0 Å². The molecule has 0 N–H and O–H groups in total. The first-order valence-corrected chi connectivity index (χ1v) is 10.8. The third-order valence-corrected chi connectivity index (χ3v) is 6.09. The second kappa shape index (κ2) is 8.66. The molecule has 6 nitrogen and oxygen atoms in total. The summed E-state index contributed by atoms with van der Waals surface area (Å²) in [4.78, 5) is 26.8. The summed E-state index contributed by atoms with van der Waals surface area (Å²) in [5, 5.41) is 4.61. The van der Waals surface area contributed by atoms with Gasteiger partial charge in [0.2, 0.25) is 5.91 Å². The molecule has 2 fully saturated rings. The zero-order valence-electron chi connectivity index (χ0n) is 17.9. The minimum Gasteiger partial charge on any atom is -0.461 e. The first-order chi connectivity index (χ1) is 13.3. The lowest BCUT2D eigenvalue weighted by atomic mass is 9.91. The van der Waals surface area contributed by atoms with Gasteiger partial charge in [-0.15, -0.1) is 0 Å². The van der Waals surface area contributed by atoms with E-state index in [4.69, 9.17) is 4.74 Å². The number of nitrogens with zero attached hydrogens (tertiary/aromatic N) is 3. The molecule has 2 heterocycles. The zero-order chi connectivity index (χ0) is 20.3. The van der Waals surface area contributed by atoms with Crippen LogP contribution in [0, 0.1) is 5.92 Å². The van der Waals surface area contributed by atoms with E-state index in [0.29, 0.717) is 30.5 Å². The normalized spacial score (nSPS) is 19.2. The molecule has 1 saturated heterocycles. The topological polar surface area (TPSA) is 64.4 Å². The lowest BCUT2D eigenvalue weighted by Gasteiger charge is -2.34. The van der Waals surface area contributed by atoms with Crippen LogP contribution in [0.4, 0.5) is 0 Å². The largest absolute Gasteiger partial charge is 0.461 e. The fraction of sp³-hybridized carbons (Fsp3) is 0.773. The van der Waals surface area contributed by atoms with E-state index in [1.165, 1.54) is 25.7 Å². The van der Waals surface area contributed by atoms with Crippen LogP contribution in [0.5, 0.6) is 0 Å². The van der Waals surface area contributed by atoms with E-state index >= 15 is 0 Å². The standard InChI is InChI=1S/C22H35N3O3/c1-5-28-21(27)18-15-19(22(2,3)4)25(23-18)17-10-12-24(13-11-17)20(26)14-16-8-6-7-9-16/h15-17H,5-14H2,1-4H3. The zero-order valence-corrected chi connectivity index (χ0v) is 17.9. The molecule has 0 bridgehead atoms. The minimum atomic E-state index is -0.365. The van der Waals surface area contributed by atoms with E-state index in [0.717, 1.165) is 31.6 Å². The Morgan fingerprint density at radius 2 is 1.79 bits per heavy atom. The second-order valence-electron chi connectivity index (χ2n) is 9.30. The number of esters is 1. The third kappa shape index (κ3) is 4.76. The predicted octanol–water partition coefficient (Wildman–Crippen LogP) is 4.10. The van der Waals surface area contributed by atoms with Crippen molar-refractivity contribution in [1.82, 2.24) is 14.7 Å². The SMILES string of the molecule is CCOC(=O)c1cc(C(C)(C)C)n(C2CCN(C(=O)CC3CCCC3)CC2)n1. The number of hydrogen-bond acceptors (Lipinski definition) is 4. The van der Waals surface area contributed by atoms with Crippen LogP contribution in [-0.2, 0) is 14.9 Å². The maximum atomic E-state index is 12.6. The van der Waals surface area contributed by atoms with E-state index in [2.05, 4.69) is 25.9 Å². The van der Waals surface area contributed by atoms with Crippen LogP contribution in [0.3, 0.4) is 0 Å². The minimum absolute atomic E-state index is 0.118. The lowest BCUT2D eigenvalue weighted by Crippen LogP contribution is -2.40. The fourth-order valence-electron chi connectivity index (χ4n) is 4.49. The maximum Gasteiger partial charge on any atom is 0.358 e. The summed E-state index contributed by atoms with van der Waals surface area (Å²) >= 11 is 0. The number of aromatic nitrogens is 2. The molecule has 0 atom stereocenters. The van der Waals surface area contributed by atoms with Gasteiger partial charge in [-0.05, 0) is 44.6 Å². The molecule has 0 spiro atoms. The molecule has 2 aliphatic rings. The van der Waals surface area contributed by atoms with Crippen molar-refractivity contribution < 1.29 is 14.3 Å². The molecule has 156 valence electrons. The lowest BCUT2D eigenvalue weighted by molar-refractivity contribution is -0.133. The first-order valence-electron chi connectivity index (χ1n) is 10.8. The Morgan fingerprint density at radius 1 is 1.14 bits per heavy atom. The van der Waals surface area contributed by atoms with Gasteiger partial charge < -0.3 is 9.64 Å². The predicted molar refractivity (Wildman–Crippen MR) is 108 cm³/mol. The van der Waals surface area contributed by atoms with Crippen LogP contribution >= 0.6 is 0 Å². The monoisotopic (exact) mass is 389 g/mol. The number of carbonyl (C=O) groups is 2. The summed E-state index contributed by atoms with van der Waals surface area (Å²) in [5.74, 6) is 0.543. The Labute approximate surface area is 168 Å². The number of amides is 1. The average molecular weight is 390 g/mol. The maximum absolute atomic E-state index is 12.6. The molecule has 0 aromatic carbocycles. The Bertz CT molecular complexity index is 690. The molecule has 1 amide bonds. The summed E-state index contributed by atoms with van der Waals surface area (Å²) in [5.41, 5.74) is 1.31. The smallest absolute Gasteiger partial charge is 0.358 e. The van der Waals surface area contributed by atoms with Crippen LogP contribution in [0.15, 0.2) is 6.07 Å². The molecule has 1 aromatic heterocycles. The van der Waals surface area contributed by atoms with Crippen molar-refractivity contribution >= 4 is 11.9 Å². The van der Waals surface area contributed by atoms with E-state index in [1.54, 1.807) is 6.92 Å². The van der Waals surface area contributed by atoms with E-state index in [1.807, 2.05) is 15.6 Å². The first kappa shape index (κ1) is 20.9. The Morgan fingerprint density at radius 3 is 2.36 bits per heavy atom.